The lowest BCUT2D eigenvalue weighted by atomic mass is 9.99. The van der Waals surface area contributed by atoms with Crippen molar-refractivity contribution in [2.75, 3.05) is 0 Å². The molecule has 0 heterocycles. The maximum atomic E-state index is 12.4. The topological polar surface area (TPSA) is 57.9 Å². The van der Waals surface area contributed by atoms with Crippen molar-refractivity contribution in [1.29, 1.82) is 5.26 Å². The number of Topliss-reactive ketones (excluding diaryl/α,β-unsaturated/α-hetero) is 1. The van der Waals surface area contributed by atoms with Crippen molar-refractivity contribution < 1.29 is 9.59 Å². The Balaban J connectivity index is 2.20. The summed E-state index contributed by atoms with van der Waals surface area (Å²) in [7, 11) is 0. The van der Waals surface area contributed by atoms with Crippen LogP contribution in [0.2, 0.25) is 0 Å². The van der Waals surface area contributed by atoms with Gasteiger partial charge in [0.2, 0.25) is 0 Å². The van der Waals surface area contributed by atoms with E-state index in [9.17, 15) is 9.59 Å². The molecule has 0 fully saturated rings. The number of carbonyl (C=O) groups is 2. The Bertz CT molecular complexity index is 792. The van der Waals surface area contributed by atoms with Gasteiger partial charge in [-0.2, -0.15) is 5.26 Å². The molecule has 0 N–H and O–H groups in total. The zero-order valence-electron chi connectivity index (χ0n) is 10.5. The summed E-state index contributed by atoms with van der Waals surface area (Å²) in [5, 5.41) is 8.80. The summed E-state index contributed by atoms with van der Waals surface area (Å²) in [6.45, 7) is 0. The number of ketones is 1. The molecule has 94 valence electrons. The molecule has 20 heavy (non-hydrogen) atoms. The SMILES string of the molecule is N#Cc1ccc(C2=C(C=O)c3ccccc3C2=O)cc1. The van der Waals surface area contributed by atoms with Gasteiger partial charge in [-0.1, -0.05) is 36.4 Å². The maximum absolute atomic E-state index is 12.4. The van der Waals surface area contributed by atoms with Crippen molar-refractivity contribution in [2.45, 2.75) is 0 Å². The molecule has 0 atom stereocenters. The van der Waals surface area contributed by atoms with Crippen LogP contribution in [0.15, 0.2) is 48.5 Å². The second-order valence-electron chi connectivity index (χ2n) is 4.47. The van der Waals surface area contributed by atoms with Crippen molar-refractivity contribution in [2.24, 2.45) is 0 Å². The summed E-state index contributed by atoms with van der Waals surface area (Å²) in [6, 6.07) is 15.8. The minimum atomic E-state index is -0.146. The third kappa shape index (κ3) is 1.67. The van der Waals surface area contributed by atoms with Crippen molar-refractivity contribution in [1.82, 2.24) is 0 Å². The van der Waals surface area contributed by atoms with Crippen LogP contribution in [0.4, 0.5) is 0 Å². The number of benzene rings is 2. The van der Waals surface area contributed by atoms with Gasteiger partial charge in [-0.05, 0) is 23.3 Å². The Kier molecular flexibility index (Phi) is 2.77. The Hall–Kier alpha value is -2.99. The fraction of sp³-hybridized carbons (Fsp3) is 0. The van der Waals surface area contributed by atoms with Gasteiger partial charge in [-0.15, -0.1) is 0 Å². The minimum absolute atomic E-state index is 0.146. The lowest BCUT2D eigenvalue weighted by molar-refractivity contribution is -0.103. The maximum Gasteiger partial charge on any atom is 0.194 e. The average Bonchev–Trinajstić information content (AvgIpc) is 2.80. The van der Waals surface area contributed by atoms with E-state index in [4.69, 9.17) is 5.26 Å². The summed E-state index contributed by atoms with van der Waals surface area (Å²) in [6.07, 6.45) is 0.720. The van der Waals surface area contributed by atoms with Crippen LogP contribution in [0.3, 0.4) is 0 Å². The number of hydrogen-bond donors (Lipinski definition) is 0. The van der Waals surface area contributed by atoms with E-state index < -0.39 is 0 Å². The molecule has 0 amide bonds. The normalized spacial score (nSPS) is 13.1. The lowest BCUT2D eigenvalue weighted by Gasteiger charge is -2.02. The van der Waals surface area contributed by atoms with Crippen molar-refractivity contribution in [3.8, 4) is 6.07 Å². The number of nitrogens with zero attached hydrogens (tertiary/aromatic N) is 1. The van der Waals surface area contributed by atoms with Crippen LogP contribution in [-0.2, 0) is 4.79 Å². The fourth-order valence-electron chi connectivity index (χ4n) is 2.43. The highest BCUT2D eigenvalue weighted by Gasteiger charge is 2.29. The second-order valence-corrected chi connectivity index (χ2v) is 4.47. The summed E-state index contributed by atoms with van der Waals surface area (Å²) in [4.78, 5) is 23.8. The molecule has 1 aliphatic carbocycles. The Morgan fingerprint density at radius 2 is 1.60 bits per heavy atom. The third-order valence-electron chi connectivity index (χ3n) is 3.38. The molecule has 0 saturated heterocycles. The Morgan fingerprint density at radius 3 is 2.20 bits per heavy atom. The second kappa shape index (κ2) is 4.60. The van der Waals surface area contributed by atoms with E-state index >= 15 is 0 Å². The van der Waals surface area contributed by atoms with Gasteiger partial charge in [0, 0.05) is 16.7 Å². The van der Waals surface area contributed by atoms with Gasteiger partial charge >= 0.3 is 0 Å². The monoisotopic (exact) mass is 259 g/mol. The van der Waals surface area contributed by atoms with Gasteiger partial charge in [0.05, 0.1) is 11.6 Å². The van der Waals surface area contributed by atoms with Crippen LogP contribution in [0, 0.1) is 11.3 Å². The molecule has 3 nitrogen and oxygen atoms in total. The van der Waals surface area contributed by atoms with Gasteiger partial charge < -0.3 is 0 Å². The highest BCUT2D eigenvalue weighted by molar-refractivity contribution is 6.46. The zero-order chi connectivity index (χ0) is 14.1. The molecule has 0 radical (unpaired) electrons. The predicted molar refractivity (Wildman–Crippen MR) is 74.8 cm³/mol. The van der Waals surface area contributed by atoms with Gasteiger partial charge in [0.1, 0.15) is 0 Å². The zero-order valence-corrected chi connectivity index (χ0v) is 10.5. The first-order chi connectivity index (χ1) is 9.76. The van der Waals surface area contributed by atoms with Crippen molar-refractivity contribution in [3.63, 3.8) is 0 Å². The number of allylic oxidation sites excluding steroid dienone is 2. The van der Waals surface area contributed by atoms with Crippen molar-refractivity contribution in [3.05, 3.63) is 70.8 Å². The average molecular weight is 259 g/mol. The number of aldehydes is 1. The summed E-state index contributed by atoms with van der Waals surface area (Å²) < 4.78 is 0. The number of carbonyl (C=O) groups excluding carboxylic acids is 2. The predicted octanol–water partition coefficient (Wildman–Crippen LogP) is 2.86. The smallest absolute Gasteiger partial charge is 0.194 e. The number of fused-ring (bicyclic) bond motifs is 1. The molecule has 2 aromatic carbocycles. The number of hydrogen-bond acceptors (Lipinski definition) is 3. The molecule has 1 aliphatic rings. The Morgan fingerprint density at radius 1 is 0.950 bits per heavy atom. The molecule has 0 bridgehead atoms. The van der Waals surface area contributed by atoms with Crippen LogP contribution in [0.5, 0.6) is 0 Å². The standard InChI is InChI=1S/C17H9NO2/c18-9-11-5-7-12(8-6-11)16-15(10-19)13-3-1-2-4-14(13)17(16)20/h1-8,10H. The van der Waals surface area contributed by atoms with Crippen LogP contribution in [0.1, 0.15) is 27.0 Å². The molecule has 3 rings (SSSR count). The molecule has 3 heteroatoms. The summed E-state index contributed by atoms with van der Waals surface area (Å²) in [5.41, 5.74) is 3.22. The largest absolute Gasteiger partial charge is 0.298 e. The van der Waals surface area contributed by atoms with Crippen LogP contribution < -0.4 is 0 Å². The third-order valence-corrected chi connectivity index (χ3v) is 3.38. The van der Waals surface area contributed by atoms with E-state index in [2.05, 4.69) is 0 Å². The highest BCUT2D eigenvalue weighted by Crippen LogP contribution is 2.37. The molecular formula is C17H9NO2. The molecule has 0 spiro atoms. The molecule has 0 aromatic heterocycles. The molecule has 0 unspecified atom stereocenters. The quantitative estimate of drug-likeness (QED) is 0.779. The van der Waals surface area contributed by atoms with Gasteiger partial charge in [0.15, 0.2) is 12.1 Å². The van der Waals surface area contributed by atoms with Crippen LogP contribution >= 0.6 is 0 Å². The van der Waals surface area contributed by atoms with E-state index in [1.165, 1.54) is 0 Å². The van der Waals surface area contributed by atoms with E-state index in [1.807, 2.05) is 6.07 Å². The Labute approximate surface area is 115 Å². The van der Waals surface area contributed by atoms with E-state index in [0.29, 0.717) is 33.4 Å². The van der Waals surface area contributed by atoms with E-state index in [1.54, 1.807) is 48.5 Å². The first kappa shape index (κ1) is 12.1. The summed E-state index contributed by atoms with van der Waals surface area (Å²) >= 11 is 0. The molecule has 0 saturated carbocycles. The first-order valence-electron chi connectivity index (χ1n) is 6.10. The number of nitriles is 1. The molecule has 0 aliphatic heterocycles. The first-order valence-corrected chi connectivity index (χ1v) is 6.10. The lowest BCUT2D eigenvalue weighted by Crippen LogP contribution is -1.98. The highest BCUT2D eigenvalue weighted by atomic mass is 16.1. The van der Waals surface area contributed by atoms with Gasteiger partial charge in [-0.3, -0.25) is 9.59 Å². The molecular weight excluding hydrogens is 250 g/mol. The number of rotatable bonds is 2. The summed E-state index contributed by atoms with van der Waals surface area (Å²) in [5.74, 6) is -0.146. The fourth-order valence-corrected chi connectivity index (χ4v) is 2.43. The minimum Gasteiger partial charge on any atom is -0.298 e. The van der Waals surface area contributed by atoms with E-state index in [0.717, 1.165) is 6.29 Å². The van der Waals surface area contributed by atoms with Gasteiger partial charge in [0.25, 0.3) is 0 Å². The van der Waals surface area contributed by atoms with Crippen LogP contribution in [0.25, 0.3) is 11.1 Å². The van der Waals surface area contributed by atoms with Crippen molar-refractivity contribution >= 4 is 23.2 Å². The molecule has 2 aromatic rings. The van der Waals surface area contributed by atoms with E-state index in [-0.39, 0.29) is 5.78 Å². The van der Waals surface area contributed by atoms with Crippen LogP contribution in [-0.4, -0.2) is 12.1 Å². The van der Waals surface area contributed by atoms with Gasteiger partial charge in [-0.25, -0.2) is 0 Å².